The summed E-state index contributed by atoms with van der Waals surface area (Å²) in [4.78, 5) is 0. The maximum atomic E-state index is 5.39. The Labute approximate surface area is 114 Å². The minimum absolute atomic E-state index is 0.391. The van der Waals surface area contributed by atoms with Crippen molar-refractivity contribution in [3.63, 3.8) is 0 Å². The van der Waals surface area contributed by atoms with E-state index in [0.717, 1.165) is 24.5 Å². The highest BCUT2D eigenvalue weighted by Gasteiger charge is 2.14. The van der Waals surface area contributed by atoms with Crippen LogP contribution in [0.3, 0.4) is 0 Å². The van der Waals surface area contributed by atoms with Crippen LogP contribution in [0.15, 0.2) is 12.1 Å². The van der Waals surface area contributed by atoms with Crippen LogP contribution in [-0.4, -0.2) is 41.1 Å². The zero-order valence-corrected chi connectivity index (χ0v) is 12.4. The maximum absolute atomic E-state index is 5.39. The van der Waals surface area contributed by atoms with Crippen molar-refractivity contribution < 1.29 is 24.3 Å². The second kappa shape index (κ2) is 7.86. The zero-order valence-electron chi connectivity index (χ0n) is 12.4. The van der Waals surface area contributed by atoms with Gasteiger partial charge >= 0.3 is 0 Å². The number of hydrogen-bond donors (Lipinski definition) is 1. The highest BCUT2D eigenvalue weighted by atomic mass is 16.5. The summed E-state index contributed by atoms with van der Waals surface area (Å²) in [7, 11) is 6.61. The highest BCUT2D eigenvalue weighted by Crippen LogP contribution is 2.34. The Kier molecular flexibility index (Phi) is 6.45. The Bertz CT molecular complexity index is 395. The average molecular weight is 270 g/mol. The lowest BCUT2D eigenvalue weighted by Gasteiger charge is -2.15. The summed E-state index contributed by atoms with van der Waals surface area (Å²) in [5.41, 5.74) is 1.07. The lowest BCUT2D eigenvalue weighted by atomic mass is 10.1. The van der Waals surface area contributed by atoms with Gasteiger partial charge in [0, 0.05) is 13.2 Å². The van der Waals surface area contributed by atoms with E-state index < -0.39 is 0 Å². The van der Waals surface area contributed by atoms with Crippen LogP contribution in [0.25, 0.3) is 0 Å². The first-order chi connectivity index (χ1) is 9.15. The first-order valence-corrected chi connectivity index (χ1v) is 6.27. The molecule has 0 fully saturated rings. The fourth-order valence-corrected chi connectivity index (χ4v) is 1.91. The Balaban J connectivity index is 2.86. The molecule has 1 aromatic rings. The predicted octanol–water partition coefficient (Wildman–Crippen LogP) is 0.811. The van der Waals surface area contributed by atoms with Crippen LogP contribution >= 0.6 is 0 Å². The lowest BCUT2D eigenvalue weighted by molar-refractivity contribution is -0.702. The minimum Gasteiger partial charge on any atom is -0.496 e. The lowest BCUT2D eigenvalue weighted by Crippen LogP contribution is -2.88. The first-order valence-electron chi connectivity index (χ1n) is 6.27. The van der Waals surface area contributed by atoms with Gasteiger partial charge in [-0.1, -0.05) is 0 Å². The molecule has 0 aliphatic heterocycles. The Morgan fingerprint density at radius 2 is 1.53 bits per heavy atom. The monoisotopic (exact) mass is 270 g/mol. The molecule has 1 aromatic carbocycles. The molecular formula is C14H24NO4+. The smallest absolute Gasteiger partial charge is 0.164 e. The molecule has 108 valence electrons. The van der Waals surface area contributed by atoms with Crippen LogP contribution in [0.1, 0.15) is 12.5 Å². The quantitative estimate of drug-likeness (QED) is 0.759. The van der Waals surface area contributed by atoms with Gasteiger partial charge in [0.05, 0.1) is 33.5 Å². The van der Waals surface area contributed by atoms with Crippen molar-refractivity contribution in [1.29, 1.82) is 0 Å². The van der Waals surface area contributed by atoms with Crippen molar-refractivity contribution in [2.45, 2.75) is 19.5 Å². The van der Waals surface area contributed by atoms with Crippen molar-refractivity contribution in [2.75, 3.05) is 35.0 Å². The van der Waals surface area contributed by atoms with Gasteiger partial charge in [0.2, 0.25) is 0 Å². The molecule has 0 unspecified atom stereocenters. The number of quaternary nitrogens is 1. The third kappa shape index (κ3) is 4.29. The van der Waals surface area contributed by atoms with E-state index in [1.165, 1.54) is 0 Å². The van der Waals surface area contributed by atoms with Crippen LogP contribution in [0.5, 0.6) is 17.2 Å². The summed E-state index contributed by atoms with van der Waals surface area (Å²) in [5.74, 6) is 2.19. The average Bonchev–Trinajstić information content (AvgIpc) is 2.44. The largest absolute Gasteiger partial charge is 0.496 e. The van der Waals surface area contributed by atoms with Crippen LogP contribution in [0.2, 0.25) is 0 Å². The van der Waals surface area contributed by atoms with Gasteiger partial charge in [-0.05, 0) is 13.0 Å². The molecule has 0 saturated heterocycles. The predicted molar refractivity (Wildman–Crippen MR) is 73.1 cm³/mol. The van der Waals surface area contributed by atoms with E-state index in [1.807, 2.05) is 12.1 Å². The van der Waals surface area contributed by atoms with E-state index in [-0.39, 0.29) is 0 Å². The standard InChI is InChI=1S/C14H23NO4/c1-10(9-16-2)15-8-11-6-13(18-4)14(19-5)7-12(11)17-3/h6-7,10,15H,8-9H2,1-5H3/p+1/t10-/m0/s1. The van der Waals surface area contributed by atoms with E-state index in [0.29, 0.717) is 17.5 Å². The molecule has 19 heavy (non-hydrogen) atoms. The van der Waals surface area contributed by atoms with Crippen molar-refractivity contribution >= 4 is 0 Å². The summed E-state index contributed by atoms with van der Waals surface area (Å²) in [6, 6.07) is 4.19. The molecule has 0 heterocycles. The molecule has 0 saturated carbocycles. The van der Waals surface area contributed by atoms with Gasteiger partial charge in [0.15, 0.2) is 11.5 Å². The van der Waals surface area contributed by atoms with Gasteiger partial charge in [0.1, 0.15) is 18.3 Å². The SMILES string of the molecule is COC[C@H](C)[NH2+]Cc1cc(OC)c(OC)cc1OC. The summed E-state index contributed by atoms with van der Waals surface area (Å²) in [5, 5.41) is 2.20. The molecule has 1 atom stereocenters. The molecule has 0 aliphatic rings. The van der Waals surface area contributed by atoms with E-state index in [1.54, 1.807) is 28.4 Å². The molecule has 0 amide bonds. The third-order valence-electron chi connectivity index (χ3n) is 2.96. The molecule has 2 N–H and O–H groups in total. The first kappa shape index (κ1) is 15.6. The van der Waals surface area contributed by atoms with E-state index in [4.69, 9.17) is 18.9 Å². The van der Waals surface area contributed by atoms with Crippen molar-refractivity contribution in [1.82, 2.24) is 0 Å². The number of hydrogen-bond acceptors (Lipinski definition) is 4. The topological polar surface area (TPSA) is 53.5 Å². The third-order valence-corrected chi connectivity index (χ3v) is 2.96. The maximum Gasteiger partial charge on any atom is 0.164 e. The van der Waals surface area contributed by atoms with Crippen molar-refractivity contribution in [3.05, 3.63) is 17.7 Å². The van der Waals surface area contributed by atoms with Gasteiger partial charge in [-0.2, -0.15) is 0 Å². The molecule has 0 bridgehead atoms. The Morgan fingerprint density at radius 1 is 0.947 bits per heavy atom. The van der Waals surface area contributed by atoms with Crippen LogP contribution < -0.4 is 19.5 Å². The van der Waals surface area contributed by atoms with Gasteiger partial charge in [0.25, 0.3) is 0 Å². The summed E-state index contributed by atoms with van der Waals surface area (Å²) >= 11 is 0. The highest BCUT2D eigenvalue weighted by molar-refractivity contribution is 5.50. The van der Waals surface area contributed by atoms with Crippen molar-refractivity contribution in [3.8, 4) is 17.2 Å². The number of benzene rings is 1. The molecule has 5 heteroatoms. The van der Waals surface area contributed by atoms with Crippen LogP contribution in [0, 0.1) is 0 Å². The summed E-state index contributed by atoms with van der Waals surface area (Å²) in [6.07, 6.45) is 0. The van der Waals surface area contributed by atoms with Crippen LogP contribution in [0.4, 0.5) is 0 Å². The van der Waals surface area contributed by atoms with E-state index in [9.17, 15) is 0 Å². The van der Waals surface area contributed by atoms with Crippen molar-refractivity contribution in [2.24, 2.45) is 0 Å². The normalized spacial score (nSPS) is 12.1. The second-order valence-corrected chi connectivity index (χ2v) is 4.39. The van der Waals surface area contributed by atoms with Gasteiger partial charge in [-0.3, -0.25) is 0 Å². The fraction of sp³-hybridized carbons (Fsp3) is 0.571. The number of nitrogens with two attached hydrogens (primary N) is 1. The van der Waals surface area contributed by atoms with Crippen LogP contribution in [-0.2, 0) is 11.3 Å². The fourth-order valence-electron chi connectivity index (χ4n) is 1.91. The number of ether oxygens (including phenoxy) is 4. The minimum atomic E-state index is 0.391. The Hall–Kier alpha value is -1.46. The summed E-state index contributed by atoms with van der Waals surface area (Å²) < 4.78 is 21.1. The Morgan fingerprint density at radius 3 is 2.05 bits per heavy atom. The molecule has 0 spiro atoms. The van der Waals surface area contributed by atoms with Gasteiger partial charge < -0.3 is 24.3 Å². The van der Waals surface area contributed by atoms with E-state index >= 15 is 0 Å². The molecule has 0 radical (unpaired) electrons. The molecule has 5 nitrogen and oxygen atoms in total. The number of methoxy groups -OCH3 is 4. The summed E-state index contributed by atoms with van der Waals surface area (Å²) in [6.45, 7) is 3.64. The molecule has 0 aliphatic carbocycles. The number of rotatable bonds is 8. The molecule has 1 rings (SSSR count). The molecule has 0 aromatic heterocycles. The zero-order chi connectivity index (χ0) is 14.3. The molecular weight excluding hydrogens is 246 g/mol. The van der Waals surface area contributed by atoms with E-state index in [2.05, 4.69) is 12.2 Å². The van der Waals surface area contributed by atoms with Gasteiger partial charge in [-0.15, -0.1) is 0 Å². The second-order valence-electron chi connectivity index (χ2n) is 4.39. The van der Waals surface area contributed by atoms with Gasteiger partial charge in [-0.25, -0.2) is 0 Å².